The topological polar surface area (TPSA) is 40.5 Å². The maximum atomic E-state index is 10.2. The van der Waals surface area contributed by atoms with Gasteiger partial charge in [0.05, 0.1) is 12.7 Å². The van der Waals surface area contributed by atoms with E-state index in [0.29, 0.717) is 5.92 Å². The van der Waals surface area contributed by atoms with Crippen LogP contribution in [0.5, 0.6) is 0 Å². The molecule has 0 unspecified atom stereocenters. The van der Waals surface area contributed by atoms with E-state index in [2.05, 4.69) is 27.4 Å². The average Bonchev–Trinajstić information content (AvgIpc) is 2.24. The summed E-state index contributed by atoms with van der Waals surface area (Å²) in [7, 11) is 0. The maximum absolute atomic E-state index is 10.2. The van der Waals surface area contributed by atoms with Gasteiger partial charge in [0.2, 0.25) is 0 Å². The highest BCUT2D eigenvalue weighted by molar-refractivity contribution is 5.16. The van der Waals surface area contributed by atoms with Crippen LogP contribution in [0.15, 0.2) is 12.2 Å². The van der Waals surface area contributed by atoms with E-state index < -0.39 is 0 Å². The third-order valence-corrected chi connectivity index (χ3v) is 5.73. The SMILES string of the molecule is C=C1CC[C@@H]2C(C)(C)[C@H](O)CC[C@@]2(C)[C@@H]1CO. The molecule has 2 nitrogen and oxygen atoms in total. The van der Waals surface area contributed by atoms with Crippen LogP contribution in [-0.4, -0.2) is 22.9 Å². The first-order valence-corrected chi connectivity index (χ1v) is 6.80. The zero-order valence-electron chi connectivity index (χ0n) is 11.4. The Balaban J connectivity index is 2.37. The van der Waals surface area contributed by atoms with Crippen molar-refractivity contribution < 1.29 is 10.2 Å². The molecule has 2 N–H and O–H groups in total. The Hall–Kier alpha value is -0.340. The molecule has 0 aromatic heterocycles. The molecule has 0 heterocycles. The zero-order chi connectivity index (χ0) is 12.8. The summed E-state index contributed by atoms with van der Waals surface area (Å²) >= 11 is 0. The highest BCUT2D eigenvalue weighted by Gasteiger charge is 2.55. The van der Waals surface area contributed by atoms with Crippen molar-refractivity contribution in [3.63, 3.8) is 0 Å². The van der Waals surface area contributed by atoms with Gasteiger partial charge in [-0.1, -0.05) is 32.9 Å². The first kappa shape index (κ1) is 13.1. The lowest BCUT2D eigenvalue weighted by Gasteiger charge is -2.59. The number of aliphatic hydroxyl groups is 2. The second-order valence-electron chi connectivity index (χ2n) is 6.87. The lowest BCUT2D eigenvalue weighted by molar-refractivity contribution is -0.130. The van der Waals surface area contributed by atoms with Crippen molar-refractivity contribution in [1.29, 1.82) is 0 Å². The summed E-state index contributed by atoms with van der Waals surface area (Å²) in [5.74, 6) is 0.703. The van der Waals surface area contributed by atoms with Gasteiger partial charge in [0.25, 0.3) is 0 Å². The molecule has 0 spiro atoms. The van der Waals surface area contributed by atoms with Crippen LogP contribution in [0, 0.1) is 22.7 Å². The summed E-state index contributed by atoms with van der Waals surface area (Å²) in [5.41, 5.74) is 1.28. The Bertz CT molecular complexity index is 321. The van der Waals surface area contributed by atoms with Gasteiger partial charge < -0.3 is 10.2 Å². The molecule has 0 aromatic carbocycles. The van der Waals surface area contributed by atoms with Crippen molar-refractivity contribution in [3.8, 4) is 0 Å². The van der Waals surface area contributed by atoms with Crippen LogP contribution in [0.4, 0.5) is 0 Å². The molecule has 0 bridgehead atoms. The molecular formula is C15H26O2. The van der Waals surface area contributed by atoms with Crippen LogP contribution in [0.25, 0.3) is 0 Å². The molecule has 2 fully saturated rings. The predicted molar refractivity (Wildman–Crippen MR) is 69.6 cm³/mol. The van der Waals surface area contributed by atoms with Crippen LogP contribution in [-0.2, 0) is 0 Å². The Morgan fingerprint density at radius 1 is 1.29 bits per heavy atom. The maximum Gasteiger partial charge on any atom is 0.0594 e. The van der Waals surface area contributed by atoms with E-state index in [1.807, 2.05) is 0 Å². The largest absolute Gasteiger partial charge is 0.396 e. The molecule has 2 aliphatic carbocycles. The standard InChI is InChI=1S/C15H26O2/c1-10-5-6-12-14(2,3)13(17)7-8-15(12,4)11(10)9-16/h11-13,16-17H,1,5-9H2,2-4H3/t11-,12-,13-,15+/m1/s1. The molecule has 0 saturated heterocycles. The number of hydrogen-bond donors (Lipinski definition) is 2. The molecule has 2 rings (SSSR count). The quantitative estimate of drug-likeness (QED) is 0.690. The second-order valence-corrected chi connectivity index (χ2v) is 6.87. The predicted octanol–water partition coefficient (Wildman–Crippen LogP) is 2.75. The van der Waals surface area contributed by atoms with E-state index in [0.717, 1.165) is 25.7 Å². The fourth-order valence-corrected chi connectivity index (χ4v) is 4.50. The lowest BCUT2D eigenvalue weighted by atomic mass is 9.47. The van der Waals surface area contributed by atoms with Crippen LogP contribution in [0.2, 0.25) is 0 Å². The van der Waals surface area contributed by atoms with E-state index >= 15 is 0 Å². The number of aliphatic hydroxyl groups excluding tert-OH is 2. The van der Waals surface area contributed by atoms with Crippen LogP contribution in [0.1, 0.15) is 46.5 Å². The molecule has 4 atom stereocenters. The molecule has 2 heteroatoms. The van der Waals surface area contributed by atoms with Gasteiger partial charge in [0.15, 0.2) is 0 Å². The summed E-state index contributed by atoms with van der Waals surface area (Å²) < 4.78 is 0. The summed E-state index contributed by atoms with van der Waals surface area (Å²) in [6, 6.07) is 0. The molecule has 17 heavy (non-hydrogen) atoms. The molecule has 98 valence electrons. The smallest absolute Gasteiger partial charge is 0.0594 e. The molecular weight excluding hydrogens is 212 g/mol. The molecule has 0 amide bonds. The molecule has 2 saturated carbocycles. The molecule has 0 aliphatic heterocycles. The van der Waals surface area contributed by atoms with Crippen molar-refractivity contribution in [1.82, 2.24) is 0 Å². The highest BCUT2D eigenvalue weighted by Crippen LogP contribution is 2.60. The monoisotopic (exact) mass is 238 g/mol. The Labute approximate surface area is 105 Å². The summed E-state index contributed by atoms with van der Waals surface area (Å²) in [4.78, 5) is 0. The first-order chi connectivity index (χ1) is 7.84. The van der Waals surface area contributed by atoms with Gasteiger partial charge in [-0.05, 0) is 42.4 Å². The minimum absolute atomic E-state index is 0.0406. The van der Waals surface area contributed by atoms with E-state index in [1.54, 1.807) is 0 Å². The Kier molecular flexibility index (Phi) is 3.16. The minimum atomic E-state index is -0.203. The third-order valence-electron chi connectivity index (χ3n) is 5.73. The molecule has 2 aliphatic rings. The Morgan fingerprint density at radius 2 is 1.94 bits per heavy atom. The van der Waals surface area contributed by atoms with Gasteiger partial charge in [-0.15, -0.1) is 0 Å². The van der Waals surface area contributed by atoms with Gasteiger partial charge in [0, 0.05) is 5.92 Å². The average molecular weight is 238 g/mol. The number of hydrogen-bond acceptors (Lipinski definition) is 2. The first-order valence-electron chi connectivity index (χ1n) is 6.80. The second kappa shape index (κ2) is 4.10. The number of fused-ring (bicyclic) bond motifs is 1. The van der Waals surface area contributed by atoms with Gasteiger partial charge >= 0.3 is 0 Å². The van der Waals surface area contributed by atoms with E-state index in [-0.39, 0.29) is 29.5 Å². The van der Waals surface area contributed by atoms with Crippen molar-refractivity contribution in [2.45, 2.75) is 52.6 Å². The van der Waals surface area contributed by atoms with Crippen molar-refractivity contribution >= 4 is 0 Å². The van der Waals surface area contributed by atoms with E-state index in [4.69, 9.17) is 0 Å². The summed E-state index contributed by atoms with van der Waals surface area (Å²) in [5, 5.41) is 19.9. The highest BCUT2D eigenvalue weighted by atomic mass is 16.3. The van der Waals surface area contributed by atoms with Gasteiger partial charge in [-0.25, -0.2) is 0 Å². The fraction of sp³-hybridized carbons (Fsp3) is 0.867. The number of rotatable bonds is 1. The Morgan fingerprint density at radius 3 is 2.53 bits per heavy atom. The summed E-state index contributed by atoms with van der Waals surface area (Å²) in [6.45, 7) is 11.0. The summed E-state index contributed by atoms with van der Waals surface area (Å²) in [6.07, 6.45) is 3.76. The third kappa shape index (κ3) is 1.77. The van der Waals surface area contributed by atoms with Gasteiger partial charge in [-0.3, -0.25) is 0 Å². The molecule has 0 aromatic rings. The van der Waals surface area contributed by atoms with Crippen LogP contribution >= 0.6 is 0 Å². The molecule has 0 radical (unpaired) electrons. The van der Waals surface area contributed by atoms with Crippen molar-refractivity contribution in [3.05, 3.63) is 12.2 Å². The minimum Gasteiger partial charge on any atom is -0.396 e. The lowest BCUT2D eigenvalue weighted by Crippen LogP contribution is -2.55. The van der Waals surface area contributed by atoms with Gasteiger partial charge in [0.1, 0.15) is 0 Å². The fourth-order valence-electron chi connectivity index (χ4n) is 4.50. The van der Waals surface area contributed by atoms with E-state index in [1.165, 1.54) is 5.57 Å². The van der Waals surface area contributed by atoms with Crippen LogP contribution in [0.3, 0.4) is 0 Å². The van der Waals surface area contributed by atoms with Gasteiger partial charge in [-0.2, -0.15) is 0 Å². The van der Waals surface area contributed by atoms with Crippen molar-refractivity contribution in [2.75, 3.05) is 6.61 Å². The van der Waals surface area contributed by atoms with Crippen LogP contribution < -0.4 is 0 Å². The normalized spacial score (nSPS) is 45.5. The van der Waals surface area contributed by atoms with E-state index in [9.17, 15) is 10.2 Å². The van der Waals surface area contributed by atoms with Crippen molar-refractivity contribution in [2.24, 2.45) is 22.7 Å². The zero-order valence-corrected chi connectivity index (χ0v) is 11.4.